The second-order valence-corrected chi connectivity index (χ2v) is 7.40. The van der Waals surface area contributed by atoms with Gasteiger partial charge >= 0.3 is 0 Å². The Labute approximate surface area is 153 Å². The van der Waals surface area contributed by atoms with Crippen LogP contribution >= 0.6 is 0 Å². The van der Waals surface area contributed by atoms with Crippen molar-refractivity contribution in [2.24, 2.45) is 0 Å². The average Bonchev–Trinajstić information content (AvgIpc) is 2.98. The quantitative estimate of drug-likeness (QED) is 0.815. The van der Waals surface area contributed by atoms with E-state index in [1.54, 1.807) is 6.20 Å². The molecule has 2 aliphatic rings. The molecule has 8 heteroatoms. The van der Waals surface area contributed by atoms with Gasteiger partial charge in [0.25, 0.3) is 5.91 Å². The summed E-state index contributed by atoms with van der Waals surface area (Å²) < 4.78 is 1.85. The molecular weight excluding hydrogens is 330 g/mol. The lowest BCUT2D eigenvalue weighted by Gasteiger charge is -2.51. The lowest BCUT2D eigenvalue weighted by atomic mass is 9.84. The van der Waals surface area contributed by atoms with Crippen LogP contribution in [0.5, 0.6) is 0 Å². The zero-order chi connectivity index (χ0) is 18.3. The van der Waals surface area contributed by atoms with Crippen LogP contribution in [0.2, 0.25) is 0 Å². The Hall–Kier alpha value is -2.19. The van der Waals surface area contributed by atoms with Gasteiger partial charge in [0, 0.05) is 37.9 Å². The molecule has 26 heavy (non-hydrogen) atoms. The molecule has 2 saturated heterocycles. The SMILES string of the molecule is CCn1c(N)nc2cc(C(=O)N3CCN(C)C4(CCNCC4)C3)cnc21. The van der Waals surface area contributed by atoms with E-state index in [1.807, 2.05) is 22.5 Å². The van der Waals surface area contributed by atoms with Crippen molar-refractivity contribution >= 4 is 23.0 Å². The summed E-state index contributed by atoms with van der Waals surface area (Å²) in [7, 11) is 2.18. The summed E-state index contributed by atoms with van der Waals surface area (Å²) in [5.74, 6) is 0.475. The number of fused-ring (bicyclic) bond motifs is 1. The molecule has 0 aliphatic carbocycles. The number of nitrogens with one attached hydrogen (secondary N) is 1. The first kappa shape index (κ1) is 17.2. The molecule has 1 amide bonds. The van der Waals surface area contributed by atoms with Crippen LogP contribution in [0.15, 0.2) is 12.3 Å². The zero-order valence-corrected chi connectivity index (χ0v) is 15.5. The highest BCUT2D eigenvalue weighted by Crippen LogP contribution is 2.30. The van der Waals surface area contributed by atoms with Gasteiger partial charge in [-0.3, -0.25) is 14.3 Å². The van der Waals surface area contributed by atoms with E-state index in [2.05, 4.69) is 27.2 Å². The van der Waals surface area contributed by atoms with E-state index in [-0.39, 0.29) is 11.4 Å². The van der Waals surface area contributed by atoms with Gasteiger partial charge in [0.15, 0.2) is 5.65 Å². The van der Waals surface area contributed by atoms with Gasteiger partial charge < -0.3 is 16.0 Å². The molecule has 0 saturated carbocycles. The van der Waals surface area contributed by atoms with Crippen molar-refractivity contribution < 1.29 is 4.79 Å². The maximum atomic E-state index is 13.1. The number of nitrogen functional groups attached to an aromatic ring is 1. The van der Waals surface area contributed by atoms with Gasteiger partial charge in [-0.1, -0.05) is 0 Å². The van der Waals surface area contributed by atoms with E-state index in [0.29, 0.717) is 23.6 Å². The highest BCUT2D eigenvalue weighted by atomic mass is 16.2. The van der Waals surface area contributed by atoms with Crippen molar-refractivity contribution in [3.63, 3.8) is 0 Å². The Morgan fingerprint density at radius 3 is 2.85 bits per heavy atom. The fourth-order valence-electron chi connectivity index (χ4n) is 4.31. The minimum Gasteiger partial charge on any atom is -0.369 e. The average molecular weight is 357 g/mol. The monoisotopic (exact) mass is 357 g/mol. The Kier molecular flexibility index (Phi) is 4.32. The van der Waals surface area contributed by atoms with Gasteiger partial charge in [-0.25, -0.2) is 9.97 Å². The lowest BCUT2D eigenvalue weighted by molar-refractivity contribution is -0.000988. The number of hydrogen-bond donors (Lipinski definition) is 2. The second kappa shape index (κ2) is 6.51. The van der Waals surface area contributed by atoms with E-state index >= 15 is 0 Å². The van der Waals surface area contributed by atoms with Crippen molar-refractivity contribution in [3.05, 3.63) is 17.8 Å². The number of hydrogen-bond acceptors (Lipinski definition) is 6. The van der Waals surface area contributed by atoms with Gasteiger partial charge in [0.1, 0.15) is 5.52 Å². The molecule has 0 atom stereocenters. The first-order valence-corrected chi connectivity index (χ1v) is 9.37. The van der Waals surface area contributed by atoms with Crippen molar-refractivity contribution in [1.82, 2.24) is 29.7 Å². The zero-order valence-electron chi connectivity index (χ0n) is 15.5. The molecule has 2 fully saturated rings. The summed E-state index contributed by atoms with van der Waals surface area (Å²) in [5.41, 5.74) is 8.04. The molecule has 4 rings (SSSR count). The second-order valence-electron chi connectivity index (χ2n) is 7.40. The maximum Gasteiger partial charge on any atom is 0.255 e. The lowest BCUT2D eigenvalue weighted by Crippen LogP contribution is -2.64. The molecule has 0 unspecified atom stereocenters. The molecule has 3 N–H and O–H groups in total. The highest BCUT2D eigenvalue weighted by Gasteiger charge is 2.41. The van der Waals surface area contributed by atoms with E-state index in [4.69, 9.17) is 5.73 Å². The molecule has 2 aromatic heterocycles. The number of imidazole rings is 1. The van der Waals surface area contributed by atoms with Crippen LogP contribution in [0, 0.1) is 0 Å². The number of piperidine rings is 1. The van der Waals surface area contributed by atoms with Gasteiger partial charge in [0.2, 0.25) is 5.95 Å². The van der Waals surface area contributed by atoms with Gasteiger partial charge in [-0.05, 0) is 46.0 Å². The van der Waals surface area contributed by atoms with Crippen molar-refractivity contribution in [2.75, 3.05) is 45.5 Å². The molecule has 2 aliphatic heterocycles. The number of carbonyl (C=O) groups excluding carboxylic acids is 1. The Morgan fingerprint density at radius 2 is 2.12 bits per heavy atom. The van der Waals surface area contributed by atoms with E-state index in [0.717, 1.165) is 51.2 Å². The molecule has 0 bridgehead atoms. The molecule has 2 aromatic rings. The van der Waals surface area contributed by atoms with E-state index in [9.17, 15) is 4.79 Å². The largest absolute Gasteiger partial charge is 0.369 e. The summed E-state index contributed by atoms with van der Waals surface area (Å²) in [6.45, 7) is 7.14. The molecule has 0 aromatic carbocycles. The van der Waals surface area contributed by atoms with Gasteiger partial charge in [-0.15, -0.1) is 0 Å². The fourth-order valence-corrected chi connectivity index (χ4v) is 4.31. The predicted octanol–water partition coefficient (Wildman–Crippen LogP) is 0.543. The minimum atomic E-state index is 0.0371. The Balaban J connectivity index is 1.60. The molecule has 140 valence electrons. The third kappa shape index (κ3) is 2.73. The first-order chi connectivity index (χ1) is 12.5. The number of aromatic nitrogens is 3. The number of likely N-dealkylation sites (N-methyl/N-ethyl adjacent to an activating group) is 1. The van der Waals surface area contributed by atoms with Crippen molar-refractivity contribution in [3.8, 4) is 0 Å². The van der Waals surface area contributed by atoms with Crippen molar-refractivity contribution in [1.29, 1.82) is 0 Å². The van der Waals surface area contributed by atoms with Crippen molar-refractivity contribution in [2.45, 2.75) is 31.8 Å². The predicted molar refractivity (Wildman–Crippen MR) is 101 cm³/mol. The van der Waals surface area contributed by atoms with Crippen LogP contribution in [0.25, 0.3) is 11.2 Å². The number of nitrogens with two attached hydrogens (primary N) is 1. The third-order valence-corrected chi connectivity index (χ3v) is 6.00. The number of aryl methyl sites for hydroxylation is 1. The normalized spacial score (nSPS) is 20.8. The first-order valence-electron chi connectivity index (χ1n) is 9.37. The van der Waals surface area contributed by atoms with E-state index < -0.39 is 0 Å². The molecular formula is C18H27N7O. The highest BCUT2D eigenvalue weighted by molar-refractivity contribution is 5.96. The van der Waals surface area contributed by atoms with Crippen LogP contribution < -0.4 is 11.1 Å². The fraction of sp³-hybridized carbons (Fsp3) is 0.611. The van der Waals surface area contributed by atoms with Crippen LogP contribution in [-0.2, 0) is 6.54 Å². The van der Waals surface area contributed by atoms with E-state index in [1.165, 1.54) is 0 Å². The van der Waals surface area contributed by atoms with Crippen LogP contribution in [0.3, 0.4) is 0 Å². The van der Waals surface area contributed by atoms with Crippen LogP contribution in [0.4, 0.5) is 5.95 Å². The topological polar surface area (TPSA) is 92.3 Å². The Bertz CT molecular complexity index is 824. The number of pyridine rings is 1. The van der Waals surface area contributed by atoms with Gasteiger partial charge in [-0.2, -0.15) is 0 Å². The molecule has 4 heterocycles. The van der Waals surface area contributed by atoms with Gasteiger partial charge in [0.05, 0.1) is 5.56 Å². The molecule has 1 spiro atoms. The number of carbonyl (C=O) groups is 1. The Morgan fingerprint density at radius 1 is 1.35 bits per heavy atom. The van der Waals surface area contributed by atoms with Crippen LogP contribution in [0.1, 0.15) is 30.1 Å². The molecule has 8 nitrogen and oxygen atoms in total. The summed E-state index contributed by atoms with van der Waals surface area (Å²) in [6.07, 6.45) is 3.80. The number of nitrogens with zero attached hydrogens (tertiary/aromatic N) is 5. The number of rotatable bonds is 2. The third-order valence-electron chi connectivity index (χ3n) is 6.00. The van der Waals surface area contributed by atoms with Crippen LogP contribution in [-0.4, -0.2) is 75.6 Å². The smallest absolute Gasteiger partial charge is 0.255 e. The standard InChI is InChI=1S/C18H27N7O/c1-3-25-15-14(22-17(25)19)10-13(11-21-15)16(26)24-9-8-23(2)18(12-24)4-6-20-7-5-18/h10-11,20H,3-9,12H2,1-2H3,(H2,19,22). The molecule has 0 radical (unpaired) electrons. The number of anilines is 1. The summed E-state index contributed by atoms with van der Waals surface area (Å²) in [5, 5.41) is 3.42. The summed E-state index contributed by atoms with van der Waals surface area (Å²) >= 11 is 0. The number of piperazine rings is 1. The minimum absolute atomic E-state index is 0.0371. The summed E-state index contributed by atoms with van der Waals surface area (Å²) in [4.78, 5) is 26.4. The summed E-state index contributed by atoms with van der Waals surface area (Å²) in [6, 6.07) is 1.82. The maximum absolute atomic E-state index is 13.1. The number of amides is 1.